The van der Waals surface area contributed by atoms with Gasteiger partial charge in [0.25, 0.3) is 5.91 Å². The highest BCUT2D eigenvalue weighted by Gasteiger charge is 2.22. The number of hydrogen-bond acceptors (Lipinski definition) is 4. The third-order valence-electron chi connectivity index (χ3n) is 4.89. The maximum absolute atomic E-state index is 13.2. The number of likely N-dealkylation sites (N-methyl/N-ethyl adjacent to an activating group) is 1. The lowest BCUT2D eigenvalue weighted by atomic mass is 9.96. The first-order valence-electron chi connectivity index (χ1n) is 9.67. The Kier molecular flexibility index (Phi) is 6.96. The van der Waals surface area contributed by atoms with E-state index in [4.69, 9.17) is 0 Å². The highest BCUT2D eigenvalue weighted by molar-refractivity contribution is 7.16. The molecule has 0 radical (unpaired) electrons. The summed E-state index contributed by atoms with van der Waals surface area (Å²) in [6, 6.07) is 7.96. The number of hydrogen-bond donors (Lipinski definition) is 3. The first-order chi connectivity index (χ1) is 14.0. The zero-order valence-electron chi connectivity index (χ0n) is 16.3. The maximum Gasteiger partial charge on any atom is 0.279 e. The topological polar surface area (TPSA) is 86.4 Å². The standard InChI is InChI=1S/C21H23FN4O2S/c1-26(13-20(28)24-15-6-4-5-14(22)11-15)10-9-19(27)25-21-17(12-23)16-7-2-3-8-18(16)29-21/h4-6,11H,2-3,7-10,13H2,1H3,(H,24,28)(H,25,27)/p+1. The van der Waals surface area contributed by atoms with Gasteiger partial charge in [0.1, 0.15) is 16.9 Å². The number of fused-ring (bicyclic) bond motifs is 1. The Morgan fingerprint density at radius 3 is 2.79 bits per heavy atom. The number of aryl methyl sites for hydroxylation is 1. The normalized spacial score (nSPS) is 13.8. The van der Waals surface area contributed by atoms with Crippen LogP contribution in [0.4, 0.5) is 15.1 Å². The number of nitrogens with one attached hydrogen (secondary N) is 3. The van der Waals surface area contributed by atoms with Gasteiger partial charge in [-0.15, -0.1) is 11.3 Å². The molecule has 29 heavy (non-hydrogen) atoms. The predicted molar refractivity (Wildman–Crippen MR) is 111 cm³/mol. The number of thiophene rings is 1. The third kappa shape index (κ3) is 5.62. The van der Waals surface area contributed by atoms with Gasteiger partial charge in [0.15, 0.2) is 6.54 Å². The summed E-state index contributed by atoms with van der Waals surface area (Å²) in [4.78, 5) is 26.5. The zero-order valence-corrected chi connectivity index (χ0v) is 17.1. The fraction of sp³-hybridized carbons (Fsp3) is 0.381. The molecule has 6 nitrogen and oxygen atoms in total. The van der Waals surface area contributed by atoms with Gasteiger partial charge < -0.3 is 15.5 Å². The van der Waals surface area contributed by atoms with Crippen LogP contribution in [0.2, 0.25) is 0 Å². The van der Waals surface area contributed by atoms with Crippen molar-refractivity contribution < 1.29 is 18.9 Å². The van der Waals surface area contributed by atoms with Crippen molar-refractivity contribution in [2.75, 3.05) is 30.8 Å². The van der Waals surface area contributed by atoms with Crippen LogP contribution in [-0.2, 0) is 22.4 Å². The quantitative estimate of drug-likeness (QED) is 0.647. The van der Waals surface area contributed by atoms with E-state index in [1.807, 2.05) is 7.05 Å². The zero-order chi connectivity index (χ0) is 20.8. The van der Waals surface area contributed by atoms with E-state index < -0.39 is 5.82 Å². The summed E-state index contributed by atoms with van der Waals surface area (Å²) in [5, 5.41) is 15.6. The molecule has 1 aromatic carbocycles. The number of quaternary nitrogens is 1. The molecule has 1 aromatic heterocycles. The number of rotatable bonds is 7. The Balaban J connectivity index is 1.47. The lowest BCUT2D eigenvalue weighted by Gasteiger charge is -2.13. The van der Waals surface area contributed by atoms with E-state index in [1.54, 1.807) is 6.07 Å². The van der Waals surface area contributed by atoms with E-state index in [2.05, 4.69) is 16.7 Å². The molecular formula is C21H24FN4O2S+. The summed E-state index contributed by atoms with van der Waals surface area (Å²) in [7, 11) is 1.82. The Morgan fingerprint density at radius 1 is 1.24 bits per heavy atom. The molecule has 0 bridgehead atoms. The summed E-state index contributed by atoms with van der Waals surface area (Å²) in [6.07, 6.45) is 4.32. The largest absolute Gasteiger partial charge is 0.329 e. The molecule has 1 atom stereocenters. The van der Waals surface area contributed by atoms with Gasteiger partial charge in [0, 0.05) is 10.6 Å². The fourth-order valence-corrected chi connectivity index (χ4v) is 4.68. The summed E-state index contributed by atoms with van der Waals surface area (Å²) >= 11 is 1.51. The molecule has 8 heteroatoms. The van der Waals surface area contributed by atoms with Crippen molar-refractivity contribution in [2.24, 2.45) is 0 Å². The monoisotopic (exact) mass is 415 g/mol. The second-order valence-corrected chi connectivity index (χ2v) is 8.37. The molecule has 2 amide bonds. The van der Waals surface area contributed by atoms with Gasteiger partial charge in [0.2, 0.25) is 5.91 Å². The summed E-state index contributed by atoms with van der Waals surface area (Å²) in [6.45, 7) is 0.635. The number of halogens is 1. The van der Waals surface area contributed by atoms with Gasteiger partial charge in [-0.1, -0.05) is 6.07 Å². The van der Waals surface area contributed by atoms with Crippen molar-refractivity contribution in [1.29, 1.82) is 5.26 Å². The molecule has 3 N–H and O–H groups in total. The van der Waals surface area contributed by atoms with Crippen LogP contribution in [0, 0.1) is 17.1 Å². The summed E-state index contributed by atoms with van der Waals surface area (Å²) < 4.78 is 13.2. The first kappa shape index (κ1) is 21.0. The molecule has 1 unspecified atom stereocenters. The molecule has 0 spiro atoms. The fourth-order valence-electron chi connectivity index (χ4n) is 3.42. The number of amides is 2. The van der Waals surface area contributed by atoms with Gasteiger partial charge >= 0.3 is 0 Å². The number of carbonyl (C=O) groups is 2. The smallest absolute Gasteiger partial charge is 0.279 e. The van der Waals surface area contributed by atoms with Crippen LogP contribution in [0.1, 0.15) is 35.3 Å². The number of anilines is 2. The Hall–Kier alpha value is -2.76. The van der Waals surface area contributed by atoms with Crippen LogP contribution >= 0.6 is 11.3 Å². The summed E-state index contributed by atoms with van der Waals surface area (Å²) in [5.74, 6) is -0.816. The molecule has 1 aliphatic carbocycles. The Labute approximate surface area is 173 Å². The van der Waals surface area contributed by atoms with Crippen LogP contribution in [-0.4, -0.2) is 32.0 Å². The molecule has 152 valence electrons. The molecule has 0 saturated carbocycles. The van der Waals surface area contributed by atoms with Crippen molar-refractivity contribution in [2.45, 2.75) is 32.1 Å². The van der Waals surface area contributed by atoms with Crippen LogP contribution in [0.3, 0.4) is 0 Å². The van der Waals surface area contributed by atoms with Gasteiger partial charge in [0.05, 0.1) is 25.6 Å². The third-order valence-corrected chi connectivity index (χ3v) is 6.09. The van der Waals surface area contributed by atoms with E-state index in [0.29, 0.717) is 22.8 Å². The Bertz CT molecular complexity index is 951. The molecule has 1 heterocycles. The van der Waals surface area contributed by atoms with Crippen molar-refractivity contribution in [3.63, 3.8) is 0 Å². The summed E-state index contributed by atoms with van der Waals surface area (Å²) in [5.41, 5.74) is 2.11. The van der Waals surface area contributed by atoms with Crippen LogP contribution in [0.15, 0.2) is 24.3 Å². The highest BCUT2D eigenvalue weighted by Crippen LogP contribution is 2.37. The van der Waals surface area contributed by atoms with E-state index >= 15 is 0 Å². The maximum atomic E-state index is 13.2. The van der Waals surface area contributed by atoms with E-state index in [1.165, 1.54) is 34.4 Å². The van der Waals surface area contributed by atoms with E-state index in [9.17, 15) is 19.2 Å². The highest BCUT2D eigenvalue weighted by atomic mass is 32.1. The van der Waals surface area contributed by atoms with Crippen LogP contribution in [0.5, 0.6) is 0 Å². The van der Waals surface area contributed by atoms with Gasteiger partial charge in [-0.2, -0.15) is 5.26 Å². The number of carbonyl (C=O) groups excluding carboxylic acids is 2. The Morgan fingerprint density at radius 2 is 2.03 bits per heavy atom. The average Bonchev–Trinajstić information content (AvgIpc) is 3.03. The second-order valence-electron chi connectivity index (χ2n) is 7.27. The molecule has 1 aliphatic rings. The molecule has 0 saturated heterocycles. The second kappa shape index (κ2) is 9.63. The van der Waals surface area contributed by atoms with Crippen LogP contribution < -0.4 is 15.5 Å². The molecule has 2 aromatic rings. The van der Waals surface area contributed by atoms with E-state index in [-0.39, 0.29) is 24.8 Å². The van der Waals surface area contributed by atoms with Gasteiger partial charge in [-0.3, -0.25) is 9.59 Å². The minimum absolute atomic E-state index is 0.162. The molecule has 0 fully saturated rings. The minimum atomic E-state index is -0.410. The van der Waals surface area contributed by atoms with Crippen LogP contribution in [0.25, 0.3) is 0 Å². The van der Waals surface area contributed by atoms with Crippen molar-refractivity contribution >= 4 is 33.8 Å². The lowest BCUT2D eigenvalue weighted by Crippen LogP contribution is -3.10. The average molecular weight is 416 g/mol. The SMILES string of the molecule is C[NH+](CCC(=O)Nc1sc2c(c1C#N)CCCC2)CC(=O)Nc1cccc(F)c1. The van der Waals surface area contributed by atoms with Crippen molar-refractivity contribution in [3.05, 3.63) is 46.1 Å². The minimum Gasteiger partial charge on any atom is -0.329 e. The van der Waals surface area contributed by atoms with Gasteiger partial charge in [-0.25, -0.2) is 4.39 Å². The molecule has 3 rings (SSSR count). The number of nitrogens with zero attached hydrogens (tertiary/aromatic N) is 1. The van der Waals surface area contributed by atoms with Gasteiger partial charge in [-0.05, 0) is 49.4 Å². The predicted octanol–water partition coefficient (Wildman–Crippen LogP) is 2.12. The molecule has 0 aliphatic heterocycles. The number of nitriles is 1. The van der Waals surface area contributed by atoms with E-state index in [0.717, 1.165) is 36.1 Å². The molecular weight excluding hydrogens is 391 g/mol. The van der Waals surface area contributed by atoms with Crippen molar-refractivity contribution in [3.8, 4) is 6.07 Å². The lowest BCUT2D eigenvalue weighted by molar-refractivity contribution is -0.870. The first-order valence-corrected chi connectivity index (χ1v) is 10.5. The number of benzene rings is 1. The van der Waals surface area contributed by atoms with Crippen molar-refractivity contribution in [1.82, 2.24) is 0 Å².